The molecule has 0 spiro atoms. The number of amides is 2. The molecule has 0 unspecified atom stereocenters. The summed E-state index contributed by atoms with van der Waals surface area (Å²) in [6, 6.07) is 17.9. The highest BCUT2D eigenvalue weighted by atomic mass is 16.2. The van der Waals surface area contributed by atoms with Crippen molar-refractivity contribution in [3.63, 3.8) is 0 Å². The van der Waals surface area contributed by atoms with Crippen molar-refractivity contribution in [2.24, 2.45) is 0 Å². The molecule has 0 saturated carbocycles. The number of piperazine rings is 1. The van der Waals surface area contributed by atoms with E-state index < -0.39 is 0 Å². The van der Waals surface area contributed by atoms with E-state index in [1.165, 1.54) is 11.1 Å². The lowest BCUT2D eigenvalue weighted by molar-refractivity contribution is -0.123. The number of hydrogen-bond donors (Lipinski definition) is 1. The lowest BCUT2D eigenvalue weighted by atomic mass is 9.88. The van der Waals surface area contributed by atoms with Crippen molar-refractivity contribution >= 4 is 11.8 Å². The predicted octanol–water partition coefficient (Wildman–Crippen LogP) is 2.64. The van der Waals surface area contributed by atoms with E-state index in [-0.39, 0.29) is 17.9 Å². The predicted molar refractivity (Wildman–Crippen MR) is 109 cm³/mol. The summed E-state index contributed by atoms with van der Waals surface area (Å²) in [5.41, 5.74) is 3.34. The van der Waals surface area contributed by atoms with Gasteiger partial charge in [-0.15, -0.1) is 0 Å². The number of aryl methyl sites for hydroxylation is 1. The van der Waals surface area contributed by atoms with Crippen LogP contribution in [0.4, 0.5) is 0 Å². The van der Waals surface area contributed by atoms with Crippen LogP contribution in [0.2, 0.25) is 0 Å². The van der Waals surface area contributed by atoms with E-state index in [0.717, 1.165) is 37.9 Å². The second-order valence-corrected chi connectivity index (χ2v) is 7.65. The second kappa shape index (κ2) is 8.57. The van der Waals surface area contributed by atoms with Gasteiger partial charge in [-0.3, -0.25) is 14.5 Å². The third-order valence-electron chi connectivity index (χ3n) is 5.75. The zero-order chi connectivity index (χ0) is 19.3. The molecule has 1 atom stereocenters. The molecule has 1 heterocycles. The summed E-state index contributed by atoms with van der Waals surface area (Å²) in [6.07, 6.45) is 3.21. The van der Waals surface area contributed by atoms with Gasteiger partial charge in [-0.25, -0.2) is 0 Å². The summed E-state index contributed by atoms with van der Waals surface area (Å²) in [6.45, 7) is 3.17. The number of benzene rings is 2. The summed E-state index contributed by atoms with van der Waals surface area (Å²) >= 11 is 0. The minimum absolute atomic E-state index is 0.0727. The van der Waals surface area contributed by atoms with Gasteiger partial charge in [0.15, 0.2) is 0 Å². The standard InChI is InChI=1S/C23H27N3O2/c27-22(24-21-12-6-10-18-7-4-5-11-20(18)21)17-25-13-15-26(16-14-25)23(28)19-8-2-1-3-9-19/h1-5,7-9,11,21H,6,10,12-17H2,(H,24,27)/t21-/m0/s1. The van der Waals surface area contributed by atoms with Gasteiger partial charge < -0.3 is 10.2 Å². The molecular formula is C23H27N3O2. The summed E-state index contributed by atoms with van der Waals surface area (Å²) in [5, 5.41) is 3.22. The highest BCUT2D eigenvalue weighted by Crippen LogP contribution is 2.29. The minimum Gasteiger partial charge on any atom is -0.348 e. The van der Waals surface area contributed by atoms with E-state index in [1.807, 2.05) is 41.3 Å². The summed E-state index contributed by atoms with van der Waals surface area (Å²) in [7, 11) is 0. The molecule has 2 aromatic rings. The SMILES string of the molecule is O=C(CN1CCN(C(=O)c2ccccc2)CC1)N[C@H]1CCCc2ccccc21. The van der Waals surface area contributed by atoms with Gasteiger partial charge in [-0.05, 0) is 42.5 Å². The third kappa shape index (κ3) is 4.25. The Morgan fingerprint density at radius 2 is 1.64 bits per heavy atom. The summed E-state index contributed by atoms with van der Waals surface area (Å²) in [5.74, 6) is 0.146. The molecule has 1 fully saturated rings. The first-order chi connectivity index (χ1) is 13.7. The Balaban J connectivity index is 1.27. The van der Waals surface area contributed by atoms with Crippen LogP contribution in [0.25, 0.3) is 0 Å². The second-order valence-electron chi connectivity index (χ2n) is 7.65. The van der Waals surface area contributed by atoms with Crippen LogP contribution in [-0.2, 0) is 11.2 Å². The Morgan fingerprint density at radius 1 is 0.929 bits per heavy atom. The highest BCUT2D eigenvalue weighted by molar-refractivity contribution is 5.94. The van der Waals surface area contributed by atoms with Crippen LogP contribution in [-0.4, -0.2) is 54.3 Å². The average Bonchev–Trinajstić information content (AvgIpc) is 2.75. The fourth-order valence-electron chi connectivity index (χ4n) is 4.22. The Kier molecular flexibility index (Phi) is 5.72. The van der Waals surface area contributed by atoms with Crippen LogP contribution in [0, 0.1) is 0 Å². The molecule has 5 heteroatoms. The fourth-order valence-corrected chi connectivity index (χ4v) is 4.22. The molecule has 28 heavy (non-hydrogen) atoms. The van der Waals surface area contributed by atoms with Crippen LogP contribution in [0.5, 0.6) is 0 Å². The first-order valence-corrected chi connectivity index (χ1v) is 10.1. The van der Waals surface area contributed by atoms with Gasteiger partial charge in [0.1, 0.15) is 0 Å². The third-order valence-corrected chi connectivity index (χ3v) is 5.75. The topological polar surface area (TPSA) is 52.7 Å². The molecule has 0 bridgehead atoms. The highest BCUT2D eigenvalue weighted by Gasteiger charge is 2.25. The first-order valence-electron chi connectivity index (χ1n) is 10.1. The van der Waals surface area contributed by atoms with Crippen LogP contribution < -0.4 is 5.32 Å². The molecule has 4 rings (SSSR count). The van der Waals surface area contributed by atoms with E-state index in [2.05, 4.69) is 28.4 Å². The van der Waals surface area contributed by atoms with Gasteiger partial charge in [0.2, 0.25) is 5.91 Å². The number of nitrogens with zero attached hydrogens (tertiary/aromatic N) is 2. The fraction of sp³-hybridized carbons (Fsp3) is 0.391. The molecule has 2 aromatic carbocycles. The van der Waals surface area contributed by atoms with Crippen LogP contribution in [0.1, 0.15) is 40.4 Å². The molecule has 1 saturated heterocycles. The Labute approximate surface area is 166 Å². The maximum Gasteiger partial charge on any atom is 0.253 e. The Bertz CT molecular complexity index is 829. The van der Waals surface area contributed by atoms with E-state index in [4.69, 9.17) is 0 Å². The zero-order valence-corrected chi connectivity index (χ0v) is 16.1. The first kappa shape index (κ1) is 18.7. The smallest absolute Gasteiger partial charge is 0.253 e. The number of fused-ring (bicyclic) bond motifs is 1. The van der Waals surface area contributed by atoms with E-state index in [0.29, 0.717) is 19.6 Å². The number of carbonyl (C=O) groups is 2. The van der Waals surface area contributed by atoms with Crippen molar-refractivity contribution in [2.75, 3.05) is 32.7 Å². The van der Waals surface area contributed by atoms with E-state index >= 15 is 0 Å². The van der Waals surface area contributed by atoms with E-state index in [1.54, 1.807) is 0 Å². The maximum atomic E-state index is 12.6. The largest absolute Gasteiger partial charge is 0.348 e. The number of carbonyl (C=O) groups excluding carboxylic acids is 2. The summed E-state index contributed by atoms with van der Waals surface area (Å²) in [4.78, 5) is 29.1. The number of nitrogens with one attached hydrogen (secondary N) is 1. The lowest BCUT2D eigenvalue weighted by Gasteiger charge is -2.35. The molecule has 5 nitrogen and oxygen atoms in total. The van der Waals surface area contributed by atoms with Gasteiger partial charge in [-0.1, -0.05) is 42.5 Å². The molecule has 0 aromatic heterocycles. The lowest BCUT2D eigenvalue weighted by Crippen LogP contribution is -2.51. The summed E-state index contributed by atoms with van der Waals surface area (Å²) < 4.78 is 0. The monoisotopic (exact) mass is 377 g/mol. The molecule has 1 aliphatic carbocycles. The van der Waals surface area contributed by atoms with E-state index in [9.17, 15) is 9.59 Å². The molecule has 0 radical (unpaired) electrons. The Hall–Kier alpha value is -2.66. The zero-order valence-electron chi connectivity index (χ0n) is 16.1. The average molecular weight is 377 g/mol. The molecule has 1 aliphatic heterocycles. The molecule has 2 aliphatic rings. The van der Waals surface area contributed by atoms with Crippen molar-refractivity contribution in [3.8, 4) is 0 Å². The normalized spacial score (nSPS) is 19.7. The minimum atomic E-state index is 0.0727. The number of rotatable bonds is 4. The molecule has 1 N–H and O–H groups in total. The van der Waals surface area contributed by atoms with Crippen molar-refractivity contribution < 1.29 is 9.59 Å². The van der Waals surface area contributed by atoms with Crippen molar-refractivity contribution in [2.45, 2.75) is 25.3 Å². The van der Waals surface area contributed by atoms with Crippen LogP contribution in [0.15, 0.2) is 54.6 Å². The van der Waals surface area contributed by atoms with Gasteiger partial charge in [0.25, 0.3) is 5.91 Å². The molecule has 2 amide bonds. The number of hydrogen-bond acceptors (Lipinski definition) is 3. The Morgan fingerprint density at radius 3 is 2.43 bits per heavy atom. The van der Waals surface area contributed by atoms with Crippen molar-refractivity contribution in [1.29, 1.82) is 0 Å². The van der Waals surface area contributed by atoms with Crippen LogP contribution in [0.3, 0.4) is 0 Å². The maximum absolute atomic E-state index is 12.6. The van der Waals surface area contributed by atoms with Gasteiger partial charge >= 0.3 is 0 Å². The molecular weight excluding hydrogens is 350 g/mol. The molecule has 146 valence electrons. The van der Waals surface area contributed by atoms with Gasteiger partial charge in [0.05, 0.1) is 12.6 Å². The van der Waals surface area contributed by atoms with Crippen molar-refractivity contribution in [3.05, 3.63) is 71.3 Å². The van der Waals surface area contributed by atoms with Crippen LogP contribution >= 0.6 is 0 Å². The van der Waals surface area contributed by atoms with Gasteiger partial charge in [-0.2, -0.15) is 0 Å². The van der Waals surface area contributed by atoms with Crippen molar-refractivity contribution in [1.82, 2.24) is 15.1 Å². The quantitative estimate of drug-likeness (QED) is 0.891. The van der Waals surface area contributed by atoms with Gasteiger partial charge in [0, 0.05) is 31.7 Å².